The molecular weight excluding hydrogens is 528 g/mol. The second kappa shape index (κ2) is 12.3. The van der Waals surface area contributed by atoms with Crippen molar-refractivity contribution in [1.29, 1.82) is 0 Å². The number of nitrogens with zero attached hydrogens (tertiary/aromatic N) is 2. The molecule has 2 aliphatic heterocycles. The third kappa shape index (κ3) is 6.42. The van der Waals surface area contributed by atoms with E-state index in [0.717, 1.165) is 5.56 Å². The smallest absolute Gasteiger partial charge is 0.310 e. The first-order valence-corrected chi connectivity index (χ1v) is 13.7. The van der Waals surface area contributed by atoms with Crippen molar-refractivity contribution in [3.8, 4) is 11.5 Å². The number of amides is 2. The topological polar surface area (TPSA) is 116 Å². The minimum Gasteiger partial charge on any atom is -0.485 e. The maximum Gasteiger partial charge on any atom is 0.310 e. The number of fused-ring (bicyclic) bond motifs is 1. The summed E-state index contributed by atoms with van der Waals surface area (Å²) in [6.07, 6.45) is 1.37. The van der Waals surface area contributed by atoms with Crippen molar-refractivity contribution in [2.75, 3.05) is 37.8 Å². The van der Waals surface area contributed by atoms with E-state index < -0.39 is 0 Å². The first-order valence-electron chi connectivity index (χ1n) is 13.7. The van der Waals surface area contributed by atoms with Crippen LogP contribution in [-0.4, -0.2) is 61.4 Å². The number of likely N-dealkylation sites (tertiary alicyclic amines) is 1. The average Bonchev–Trinajstić information content (AvgIpc) is 3.45. The number of hydrogen-bond donors (Lipinski definition) is 0. The van der Waals surface area contributed by atoms with Gasteiger partial charge in [0, 0.05) is 18.7 Å². The maximum absolute atomic E-state index is 13.1. The zero-order chi connectivity index (χ0) is 28.9. The minimum atomic E-state index is -0.358. The van der Waals surface area contributed by atoms with Gasteiger partial charge in [-0.3, -0.25) is 24.1 Å². The number of Topliss-reactive ketones (excluding diaryl/α,β-unsaturated/α-hetero) is 1. The molecule has 41 heavy (non-hydrogen) atoms. The van der Waals surface area contributed by atoms with Crippen molar-refractivity contribution in [2.45, 2.75) is 33.2 Å². The molecule has 0 unspecified atom stereocenters. The van der Waals surface area contributed by atoms with Gasteiger partial charge < -0.3 is 23.5 Å². The molecule has 2 amide bonds. The van der Waals surface area contributed by atoms with Crippen LogP contribution in [0.1, 0.15) is 52.0 Å². The Morgan fingerprint density at radius 2 is 1.93 bits per heavy atom. The summed E-state index contributed by atoms with van der Waals surface area (Å²) in [6.45, 7) is 4.51. The minimum absolute atomic E-state index is 0.0470. The van der Waals surface area contributed by atoms with Crippen LogP contribution in [0.2, 0.25) is 0 Å². The SMILES string of the molecule is CCOC(=O)[C@@H]1CCCN(C(=O)c2ccc(CN3C(=O)COc4ccc(C(=O)COc5cccc(C)c5)cc43)o2)C1. The van der Waals surface area contributed by atoms with E-state index in [9.17, 15) is 19.2 Å². The number of furan rings is 1. The quantitative estimate of drug-likeness (QED) is 0.283. The molecular formula is C31H32N2O8. The lowest BCUT2D eigenvalue weighted by Crippen LogP contribution is -2.42. The number of aryl methyl sites for hydroxylation is 1. The van der Waals surface area contributed by atoms with E-state index in [0.29, 0.717) is 54.5 Å². The number of carbonyl (C=O) groups excluding carboxylic acids is 4. The molecule has 0 aliphatic carbocycles. The van der Waals surface area contributed by atoms with Crippen molar-refractivity contribution in [1.82, 2.24) is 4.90 Å². The number of piperidine rings is 1. The molecule has 0 bridgehead atoms. The van der Waals surface area contributed by atoms with Gasteiger partial charge in [-0.25, -0.2) is 0 Å². The Hall–Kier alpha value is -4.60. The lowest BCUT2D eigenvalue weighted by molar-refractivity contribution is -0.149. The molecule has 3 aromatic rings. The van der Waals surface area contributed by atoms with Gasteiger partial charge in [-0.2, -0.15) is 0 Å². The highest BCUT2D eigenvalue weighted by Gasteiger charge is 2.32. The Labute approximate surface area is 237 Å². The average molecular weight is 561 g/mol. The van der Waals surface area contributed by atoms with Gasteiger partial charge in [0.1, 0.15) is 17.3 Å². The Morgan fingerprint density at radius 1 is 1.07 bits per heavy atom. The summed E-state index contributed by atoms with van der Waals surface area (Å²) in [5.74, 6) is 0.0491. The van der Waals surface area contributed by atoms with E-state index in [-0.39, 0.29) is 61.5 Å². The summed E-state index contributed by atoms with van der Waals surface area (Å²) in [5, 5.41) is 0. The molecule has 0 radical (unpaired) electrons. The summed E-state index contributed by atoms with van der Waals surface area (Å²) in [7, 11) is 0. The number of hydrogen-bond acceptors (Lipinski definition) is 8. The number of ether oxygens (including phenoxy) is 3. The van der Waals surface area contributed by atoms with E-state index in [4.69, 9.17) is 18.6 Å². The molecule has 1 atom stereocenters. The zero-order valence-corrected chi connectivity index (χ0v) is 23.1. The predicted molar refractivity (Wildman–Crippen MR) is 148 cm³/mol. The van der Waals surface area contributed by atoms with E-state index in [1.807, 2.05) is 25.1 Å². The van der Waals surface area contributed by atoms with E-state index in [2.05, 4.69) is 0 Å². The van der Waals surface area contributed by atoms with Crippen LogP contribution in [0.5, 0.6) is 11.5 Å². The molecule has 214 valence electrons. The van der Waals surface area contributed by atoms with Crippen LogP contribution in [0, 0.1) is 12.8 Å². The summed E-state index contributed by atoms with van der Waals surface area (Å²) in [5.41, 5.74) is 1.83. The molecule has 0 spiro atoms. The Bertz CT molecular complexity index is 1460. The van der Waals surface area contributed by atoms with Crippen LogP contribution < -0.4 is 14.4 Å². The second-order valence-corrected chi connectivity index (χ2v) is 10.1. The van der Waals surface area contributed by atoms with Gasteiger partial charge >= 0.3 is 5.97 Å². The van der Waals surface area contributed by atoms with E-state index >= 15 is 0 Å². The van der Waals surface area contributed by atoms with Gasteiger partial charge in [-0.15, -0.1) is 0 Å². The summed E-state index contributed by atoms with van der Waals surface area (Å²) >= 11 is 0. The normalized spacial score (nSPS) is 16.5. The standard InChI is InChI=1S/C31H32N2O8/c1-3-38-31(37)22-7-5-13-32(16-22)30(36)28-12-10-24(41-28)17-33-25-15-21(9-11-27(25)40-19-29(33)35)26(34)18-39-23-8-4-6-20(2)14-23/h4,6,8-12,14-15,22H,3,5,7,13,16-19H2,1-2H3/t22-/m1/s1. The van der Waals surface area contributed by atoms with E-state index in [1.54, 1.807) is 48.2 Å². The highest BCUT2D eigenvalue weighted by atomic mass is 16.5. The van der Waals surface area contributed by atoms with Crippen LogP contribution in [0.15, 0.2) is 59.0 Å². The van der Waals surface area contributed by atoms with Crippen LogP contribution in [0.3, 0.4) is 0 Å². The van der Waals surface area contributed by atoms with Crippen molar-refractivity contribution in [3.05, 3.63) is 77.2 Å². The fourth-order valence-corrected chi connectivity index (χ4v) is 4.99. The van der Waals surface area contributed by atoms with Crippen LogP contribution in [0.4, 0.5) is 5.69 Å². The lowest BCUT2D eigenvalue weighted by Gasteiger charge is -2.31. The molecule has 1 saturated heterocycles. The Kier molecular flexibility index (Phi) is 8.37. The lowest BCUT2D eigenvalue weighted by atomic mass is 9.98. The molecule has 10 heteroatoms. The highest BCUT2D eigenvalue weighted by Crippen LogP contribution is 2.34. The number of esters is 1. The third-order valence-electron chi connectivity index (χ3n) is 7.10. The number of rotatable bonds is 9. The molecule has 3 heterocycles. The van der Waals surface area contributed by atoms with Gasteiger partial charge in [0.2, 0.25) is 0 Å². The first kappa shape index (κ1) is 27.9. The number of ketones is 1. The zero-order valence-electron chi connectivity index (χ0n) is 23.1. The first-order chi connectivity index (χ1) is 19.8. The molecule has 10 nitrogen and oxygen atoms in total. The monoisotopic (exact) mass is 560 g/mol. The van der Waals surface area contributed by atoms with Crippen LogP contribution in [0.25, 0.3) is 0 Å². The maximum atomic E-state index is 13.1. The fourth-order valence-electron chi connectivity index (χ4n) is 4.99. The number of anilines is 1. The Balaban J connectivity index is 1.27. The summed E-state index contributed by atoms with van der Waals surface area (Å²) < 4.78 is 22.2. The number of benzene rings is 2. The summed E-state index contributed by atoms with van der Waals surface area (Å²) in [4.78, 5) is 54.1. The number of carbonyl (C=O) groups is 4. The molecule has 0 saturated carbocycles. The van der Waals surface area contributed by atoms with Crippen molar-refractivity contribution in [3.63, 3.8) is 0 Å². The largest absolute Gasteiger partial charge is 0.485 e. The van der Waals surface area contributed by atoms with E-state index in [1.165, 1.54) is 4.90 Å². The van der Waals surface area contributed by atoms with Gasteiger partial charge in [0.05, 0.1) is 24.8 Å². The molecule has 5 rings (SSSR count). The molecule has 0 N–H and O–H groups in total. The van der Waals surface area contributed by atoms with Gasteiger partial charge in [-0.1, -0.05) is 12.1 Å². The highest BCUT2D eigenvalue weighted by molar-refractivity contribution is 6.02. The van der Waals surface area contributed by atoms with Crippen LogP contribution in [-0.2, 0) is 20.9 Å². The molecule has 2 aliphatic rings. The Morgan fingerprint density at radius 3 is 2.73 bits per heavy atom. The third-order valence-corrected chi connectivity index (χ3v) is 7.10. The van der Waals surface area contributed by atoms with Gasteiger partial charge in [0.15, 0.2) is 24.8 Å². The summed E-state index contributed by atoms with van der Waals surface area (Å²) in [6, 6.07) is 15.5. The van der Waals surface area contributed by atoms with Crippen molar-refractivity contribution in [2.24, 2.45) is 5.92 Å². The fraction of sp³-hybridized carbons (Fsp3) is 0.355. The molecule has 1 fully saturated rings. The predicted octanol–water partition coefficient (Wildman–Crippen LogP) is 4.19. The van der Waals surface area contributed by atoms with Gasteiger partial charge in [-0.05, 0) is 74.7 Å². The van der Waals surface area contributed by atoms with Crippen LogP contribution >= 0.6 is 0 Å². The van der Waals surface area contributed by atoms with Gasteiger partial charge in [0.25, 0.3) is 11.8 Å². The second-order valence-electron chi connectivity index (χ2n) is 10.1. The van der Waals surface area contributed by atoms with Crippen molar-refractivity contribution < 1.29 is 37.8 Å². The molecule has 2 aromatic carbocycles. The van der Waals surface area contributed by atoms with Crippen molar-refractivity contribution >= 4 is 29.3 Å². The molecule has 1 aromatic heterocycles.